The number of carbonyl (C=O) groups is 3. The van der Waals surface area contributed by atoms with Gasteiger partial charge in [0, 0.05) is 18.9 Å². The third kappa shape index (κ3) is 34.4. The molecule has 0 aliphatic carbocycles. The van der Waals surface area contributed by atoms with Crippen LogP contribution in [0.3, 0.4) is 0 Å². The lowest BCUT2D eigenvalue weighted by Gasteiger charge is -2.24. The van der Waals surface area contributed by atoms with Gasteiger partial charge in [-0.3, -0.25) is 18.6 Å². The van der Waals surface area contributed by atoms with Crippen molar-refractivity contribution in [3.8, 4) is 0 Å². The van der Waals surface area contributed by atoms with E-state index in [2.05, 4.69) is 6.92 Å². The third-order valence-corrected chi connectivity index (χ3v) is 8.98. The van der Waals surface area contributed by atoms with Gasteiger partial charge in [0.15, 0.2) is 6.10 Å². The molecule has 3 N–H and O–H groups in total. The van der Waals surface area contributed by atoms with Crippen LogP contribution in [0.1, 0.15) is 142 Å². The number of carboxylic acid groups (broad SMARTS) is 1. The van der Waals surface area contributed by atoms with Crippen LogP contribution < -0.4 is 0 Å². The zero-order chi connectivity index (χ0) is 36.8. The third-order valence-electron chi connectivity index (χ3n) is 7.99. The second kappa shape index (κ2) is 29.9. The Hall–Kier alpha value is -1.82. The van der Waals surface area contributed by atoms with Gasteiger partial charge in [-0.05, 0) is 25.3 Å². The summed E-state index contributed by atoms with van der Waals surface area (Å²) < 4.78 is 33.9. The number of carbonyl (C=O) groups excluding carboxylic acids is 2. The van der Waals surface area contributed by atoms with E-state index < -0.39 is 44.5 Å². The second-order valence-corrected chi connectivity index (χ2v) is 15.4. The molecule has 0 aliphatic rings. The van der Waals surface area contributed by atoms with Gasteiger partial charge in [0.25, 0.3) is 0 Å². The highest BCUT2D eigenvalue weighted by Gasteiger charge is 2.27. The number of phosphoric acid groups is 1. The van der Waals surface area contributed by atoms with E-state index in [9.17, 15) is 28.9 Å². The number of nitrogens with zero attached hydrogens (tertiary/aromatic N) is 1. The minimum absolute atomic E-state index is 0.00611. The van der Waals surface area contributed by atoms with E-state index in [1.807, 2.05) is 21.1 Å². The lowest BCUT2D eigenvalue weighted by atomic mass is 10.0. The molecule has 0 aromatic carbocycles. The first kappa shape index (κ1) is 47.2. The topological polar surface area (TPSA) is 166 Å². The van der Waals surface area contributed by atoms with E-state index >= 15 is 0 Å². The van der Waals surface area contributed by atoms with Crippen molar-refractivity contribution >= 4 is 25.7 Å². The first-order chi connectivity index (χ1) is 23.2. The predicted molar refractivity (Wildman–Crippen MR) is 191 cm³/mol. The van der Waals surface area contributed by atoms with Crippen LogP contribution in [0.4, 0.5) is 0 Å². The van der Waals surface area contributed by atoms with E-state index in [0.717, 1.165) is 51.0 Å². The molecular formula is C36H69NO11P+. The molecule has 13 heteroatoms. The van der Waals surface area contributed by atoms with Crippen molar-refractivity contribution in [1.29, 1.82) is 0 Å². The Morgan fingerprint density at radius 1 is 0.714 bits per heavy atom. The molecule has 3 atom stereocenters. The highest BCUT2D eigenvalue weighted by molar-refractivity contribution is 7.47. The summed E-state index contributed by atoms with van der Waals surface area (Å²) in [5.41, 5.74) is 0. The quantitative estimate of drug-likeness (QED) is 0.0198. The lowest BCUT2D eigenvalue weighted by Crippen LogP contribution is -2.37. The summed E-state index contributed by atoms with van der Waals surface area (Å²) in [5.74, 6) is -2.05. The molecule has 0 saturated heterocycles. The van der Waals surface area contributed by atoms with Crippen LogP contribution in [-0.2, 0) is 37.5 Å². The summed E-state index contributed by atoms with van der Waals surface area (Å²) in [6.07, 6.45) is 20.4. The molecule has 0 rings (SSSR count). The minimum atomic E-state index is -4.41. The van der Waals surface area contributed by atoms with Gasteiger partial charge in [-0.15, -0.1) is 0 Å². The second-order valence-electron chi connectivity index (χ2n) is 14.0. The summed E-state index contributed by atoms with van der Waals surface area (Å²) in [4.78, 5) is 45.6. The first-order valence-electron chi connectivity index (χ1n) is 18.6. The number of esters is 2. The molecule has 0 bridgehead atoms. The molecule has 0 spiro atoms. The number of hydrogen-bond donors (Lipinski definition) is 3. The van der Waals surface area contributed by atoms with Crippen molar-refractivity contribution in [1.82, 2.24) is 0 Å². The summed E-state index contributed by atoms with van der Waals surface area (Å²) in [6, 6.07) is 0. The number of ether oxygens (including phenoxy) is 2. The van der Waals surface area contributed by atoms with E-state index in [1.54, 1.807) is 0 Å². The van der Waals surface area contributed by atoms with Crippen molar-refractivity contribution < 1.29 is 57.1 Å². The highest BCUT2D eigenvalue weighted by Crippen LogP contribution is 2.43. The monoisotopic (exact) mass is 722 g/mol. The van der Waals surface area contributed by atoms with Gasteiger partial charge in [0.05, 0.1) is 33.9 Å². The van der Waals surface area contributed by atoms with Gasteiger partial charge < -0.3 is 29.1 Å². The first-order valence-corrected chi connectivity index (χ1v) is 20.1. The van der Waals surface area contributed by atoms with Crippen LogP contribution in [-0.4, -0.2) is 97.2 Å². The molecule has 0 radical (unpaired) electrons. The smallest absolute Gasteiger partial charge is 0.472 e. The fraction of sp³-hybridized carbons (Fsp3) is 0.861. The maximum atomic E-state index is 12.5. The number of aliphatic carboxylic acids is 1. The van der Waals surface area contributed by atoms with Gasteiger partial charge in [-0.1, -0.05) is 110 Å². The summed E-state index contributed by atoms with van der Waals surface area (Å²) >= 11 is 0. The molecule has 49 heavy (non-hydrogen) atoms. The number of quaternary nitrogens is 1. The highest BCUT2D eigenvalue weighted by atomic mass is 31.2. The molecule has 12 nitrogen and oxygen atoms in total. The average Bonchev–Trinajstić information content (AvgIpc) is 3.02. The van der Waals surface area contributed by atoms with Gasteiger partial charge in [-0.25, -0.2) is 9.36 Å². The number of phosphoric ester groups is 1. The Labute approximate surface area is 296 Å². The Balaban J connectivity index is 4.48. The Morgan fingerprint density at radius 3 is 1.71 bits per heavy atom. The molecule has 0 aromatic heterocycles. The van der Waals surface area contributed by atoms with Crippen LogP contribution in [0, 0.1) is 0 Å². The molecule has 0 aromatic rings. The van der Waals surface area contributed by atoms with Crippen molar-refractivity contribution in [2.75, 3.05) is 47.5 Å². The summed E-state index contributed by atoms with van der Waals surface area (Å²) in [7, 11) is 1.34. The molecule has 0 amide bonds. The molecular weight excluding hydrogens is 653 g/mol. The largest absolute Gasteiger partial charge is 0.478 e. The zero-order valence-corrected chi connectivity index (χ0v) is 31.9. The number of aliphatic hydroxyl groups excluding tert-OH is 1. The van der Waals surface area contributed by atoms with Crippen molar-refractivity contribution in [3.63, 3.8) is 0 Å². The van der Waals surface area contributed by atoms with Crippen LogP contribution >= 0.6 is 7.82 Å². The van der Waals surface area contributed by atoms with Crippen LogP contribution in [0.5, 0.6) is 0 Å². The summed E-state index contributed by atoms with van der Waals surface area (Å²) in [5, 5.41) is 18.3. The molecule has 288 valence electrons. The zero-order valence-electron chi connectivity index (χ0n) is 31.0. The molecule has 0 heterocycles. The van der Waals surface area contributed by atoms with Crippen molar-refractivity contribution in [2.24, 2.45) is 0 Å². The molecule has 0 saturated carbocycles. The van der Waals surface area contributed by atoms with E-state index in [1.165, 1.54) is 63.9 Å². The fourth-order valence-corrected chi connectivity index (χ4v) is 5.74. The number of likely N-dealkylation sites (N-methyl/N-ethyl adjacent to an activating group) is 1. The lowest BCUT2D eigenvalue weighted by molar-refractivity contribution is -0.870. The maximum Gasteiger partial charge on any atom is 0.472 e. The predicted octanol–water partition coefficient (Wildman–Crippen LogP) is 7.49. The van der Waals surface area contributed by atoms with Gasteiger partial charge in [0.2, 0.25) is 0 Å². The molecule has 0 fully saturated rings. The number of unbranched alkanes of at least 4 members (excludes halogenated alkanes) is 16. The van der Waals surface area contributed by atoms with Crippen LogP contribution in [0.15, 0.2) is 12.2 Å². The van der Waals surface area contributed by atoms with Crippen molar-refractivity contribution in [3.05, 3.63) is 12.2 Å². The van der Waals surface area contributed by atoms with Gasteiger partial charge in [0.1, 0.15) is 19.8 Å². The Kier molecular flexibility index (Phi) is 28.8. The fourth-order valence-electron chi connectivity index (χ4n) is 4.99. The number of hydrogen-bond acceptors (Lipinski definition) is 9. The Morgan fingerprint density at radius 2 is 1.20 bits per heavy atom. The van der Waals surface area contributed by atoms with Gasteiger partial charge in [-0.2, -0.15) is 0 Å². The molecule has 0 aliphatic heterocycles. The van der Waals surface area contributed by atoms with Crippen LogP contribution in [0.2, 0.25) is 0 Å². The summed E-state index contributed by atoms with van der Waals surface area (Å²) in [6.45, 7) is 1.95. The van der Waals surface area contributed by atoms with E-state index in [-0.39, 0.29) is 26.1 Å². The average molecular weight is 723 g/mol. The number of carboxylic acids is 1. The van der Waals surface area contributed by atoms with Crippen LogP contribution in [0.25, 0.3) is 0 Å². The number of rotatable bonds is 34. The SMILES string of the molecule is CCCCCCCCCCCCCCCC(=O)OC[C@@H](COP(=O)(O)OCC[N+](C)(C)C)OC(=O)CCCCCCCC(O)/C=C/C(=O)O. The van der Waals surface area contributed by atoms with E-state index in [0.29, 0.717) is 30.3 Å². The van der Waals surface area contributed by atoms with Gasteiger partial charge >= 0.3 is 25.7 Å². The Bertz CT molecular complexity index is 938. The van der Waals surface area contributed by atoms with E-state index in [4.69, 9.17) is 23.6 Å². The standard InChI is InChI=1S/C36H68NO11P/c1-5-6-7-8-9-10-11-12-13-14-15-18-21-24-35(41)45-30-33(31-47-49(43,44)46-29-28-37(2,3)4)48-36(42)25-22-19-16-17-20-23-32(38)26-27-34(39)40/h26-27,32-33,38H,5-25,28-31H2,1-4H3,(H-,39,40,43,44)/p+1/b27-26+/t32?,33-/m0/s1. The maximum absolute atomic E-state index is 12.5. The molecule has 2 unspecified atom stereocenters. The normalized spacial score (nSPS) is 14.4. The van der Waals surface area contributed by atoms with Crippen molar-refractivity contribution in [2.45, 2.75) is 154 Å². The number of aliphatic hydroxyl groups is 1. The minimum Gasteiger partial charge on any atom is -0.478 e.